The number of fused-ring (bicyclic) bond motifs is 1. The van der Waals surface area contributed by atoms with Crippen molar-refractivity contribution < 1.29 is 4.79 Å². The van der Waals surface area contributed by atoms with Gasteiger partial charge in [-0.3, -0.25) is 9.59 Å². The lowest BCUT2D eigenvalue weighted by molar-refractivity contribution is 0.103. The van der Waals surface area contributed by atoms with Crippen LogP contribution in [0.25, 0.3) is 10.2 Å². The van der Waals surface area contributed by atoms with Gasteiger partial charge in [-0.05, 0) is 30.3 Å². The Morgan fingerprint density at radius 1 is 1.15 bits per heavy atom. The summed E-state index contributed by atoms with van der Waals surface area (Å²) < 4.78 is 0.747. The first kappa shape index (κ1) is 12.3. The largest absolute Gasteiger partial charge is 0.312 e. The Morgan fingerprint density at radius 3 is 2.75 bits per heavy atom. The molecule has 3 rings (SSSR count). The molecule has 0 aliphatic heterocycles. The summed E-state index contributed by atoms with van der Waals surface area (Å²) in [6, 6.07) is 13.7. The third kappa shape index (κ3) is 2.13. The van der Waals surface area contributed by atoms with E-state index in [1.165, 1.54) is 0 Å². The predicted octanol–water partition coefficient (Wildman–Crippen LogP) is 2.69. The highest BCUT2D eigenvalue weighted by atomic mass is 32.1. The van der Waals surface area contributed by atoms with Crippen LogP contribution in [-0.2, 0) is 0 Å². The summed E-state index contributed by atoms with van der Waals surface area (Å²) in [4.78, 5) is 26.2. The van der Waals surface area contributed by atoms with Crippen LogP contribution >= 0.6 is 11.3 Å². The number of ketones is 1. The van der Waals surface area contributed by atoms with Gasteiger partial charge in [0, 0.05) is 11.1 Å². The fourth-order valence-corrected chi connectivity index (χ4v) is 2.76. The zero-order valence-electron chi connectivity index (χ0n) is 10.2. The Morgan fingerprint density at radius 2 is 1.95 bits per heavy atom. The van der Waals surface area contributed by atoms with Gasteiger partial charge >= 0.3 is 4.87 Å². The second-order valence-corrected chi connectivity index (χ2v) is 5.26. The molecule has 0 spiro atoms. The summed E-state index contributed by atoms with van der Waals surface area (Å²) in [5.74, 6) is -0.162. The minimum atomic E-state index is -0.162. The minimum absolute atomic E-state index is 0.143. The maximum atomic E-state index is 12.4. The van der Waals surface area contributed by atoms with Crippen molar-refractivity contribution in [3.8, 4) is 6.07 Å². The van der Waals surface area contributed by atoms with Crippen LogP contribution in [0.1, 0.15) is 21.5 Å². The molecule has 1 aromatic heterocycles. The highest BCUT2D eigenvalue weighted by Crippen LogP contribution is 2.19. The molecule has 0 amide bonds. The minimum Gasteiger partial charge on any atom is -0.312 e. The summed E-state index contributed by atoms with van der Waals surface area (Å²) in [6.45, 7) is 0. The van der Waals surface area contributed by atoms with Crippen LogP contribution in [0.3, 0.4) is 0 Å². The molecule has 2 aromatic carbocycles. The van der Waals surface area contributed by atoms with Gasteiger partial charge in [-0.2, -0.15) is 5.26 Å². The third-order valence-corrected chi connectivity index (χ3v) is 3.78. The normalized spacial score (nSPS) is 10.3. The zero-order valence-corrected chi connectivity index (χ0v) is 11.0. The van der Waals surface area contributed by atoms with Gasteiger partial charge in [-0.1, -0.05) is 23.5 Å². The number of hydrogen-bond acceptors (Lipinski definition) is 4. The van der Waals surface area contributed by atoms with E-state index in [-0.39, 0.29) is 10.7 Å². The standard InChI is InChI=1S/C15H8N2O2S/c16-8-9-2-1-3-10(6-9)14(18)11-4-5-12-13(7-11)20-15(19)17-12/h1-7H,(H,17,19). The molecule has 0 radical (unpaired) electrons. The molecule has 1 heterocycles. The first-order valence-corrected chi connectivity index (χ1v) is 6.67. The van der Waals surface area contributed by atoms with Gasteiger partial charge in [0.25, 0.3) is 0 Å². The number of hydrogen-bond donors (Lipinski definition) is 1. The van der Waals surface area contributed by atoms with Crippen molar-refractivity contribution in [2.24, 2.45) is 0 Å². The topological polar surface area (TPSA) is 73.7 Å². The number of aromatic nitrogens is 1. The summed E-state index contributed by atoms with van der Waals surface area (Å²) in [6.07, 6.45) is 0. The number of rotatable bonds is 2. The number of carbonyl (C=O) groups is 1. The zero-order chi connectivity index (χ0) is 14.1. The molecule has 0 aliphatic carbocycles. The number of thiazole rings is 1. The molecular weight excluding hydrogens is 272 g/mol. The van der Waals surface area contributed by atoms with Crippen molar-refractivity contribution >= 4 is 27.3 Å². The fraction of sp³-hybridized carbons (Fsp3) is 0. The molecule has 1 N–H and O–H groups in total. The molecule has 20 heavy (non-hydrogen) atoms. The van der Waals surface area contributed by atoms with Crippen molar-refractivity contribution in [3.05, 3.63) is 68.8 Å². The van der Waals surface area contributed by atoms with Crippen molar-refractivity contribution in [1.29, 1.82) is 5.26 Å². The van der Waals surface area contributed by atoms with Crippen LogP contribution in [0.15, 0.2) is 47.3 Å². The van der Waals surface area contributed by atoms with Gasteiger partial charge < -0.3 is 4.98 Å². The predicted molar refractivity (Wildman–Crippen MR) is 77.0 cm³/mol. The van der Waals surface area contributed by atoms with E-state index in [1.807, 2.05) is 6.07 Å². The molecule has 0 bridgehead atoms. The van der Waals surface area contributed by atoms with Crippen LogP contribution in [0.4, 0.5) is 0 Å². The molecule has 4 nitrogen and oxygen atoms in total. The maximum Gasteiger partial charge on any atom is 0.305 e. The lowest BCUT2D eigenvalue weighted by atomic mass is 10.0. The molecule has 0 fully saturated rings. The van der Waals surface area contributed by atoms with E-state index in [1.54, 1.807) is 42.5 Å². The Hall–Kier alpha value is -2.71. The average Bonchev–Trinajstić information content (AvgIpc) is 2.85. The number of carbonyl (C=O) groups excluding carboxylic acids is 1. The van der Waals surface area contributed by atoms with Crippen molar-refractivity contribution in [3.63, 3.8) is 0 Å². The number of H-pyrrole nitrogens is 1. The number of nitriles is 1. The van der Waals surface area contributed by atoms with Crippen LogP contribution in [0.5, 0.6) is 0 Å². The van der Waals surface area contributed by atoms with E-state index in [2.05, 4.69) is 4.98 Å². The van der Waals surface area contributed by atoms with Crippen molar-refractivity contribution in [2.45, 2.75) is 0 Å². The second kappa shape index (κ2) is 4.76. The highest BCUT2D eigenvalue weighted by molar-refractivity contribution is 7.16. The highest BCUT2D eigenvalue weighted by Gasteiger charge is 2.11. The SMILES string of the molecule is N#Cc1cccc(C(=O)c2ccc3[nH]c(=O)sc3c2)c1. The van der Waals surface area contributed by atoms with Gasteiger partial charge in [0.15, 0.2) is 5.78 Å². The molecule has 0 unspecified atom stereocenters. The molecule has 0 saturated carbocycles. The Labute approximate surface area is 117 Å². The van der Waals surface area contributed by atoms with E-state index < -0.39 is 0 Å². The van der Waals surface area contributed by atoms with Gasteiger partial charge in [-0.15, -0.1) is 0 Å². The summed E-state index contributed by atoms with van der Waals surface area (Å²) in [7, 11) is 0. The quantitative estimate of drug-likeness (QED) is 0.733. The summed E-state index contributed by atoms with van der Waals surface area (Å²) in [5.41, 5.74) is 2.14. The van der Waals surface area contributed by atoms with Crippen LogP contribution in [-0.4, -0.2) is 10.8 Å². The van der Waals surface area contributed by atoms with Crippen LogP contribution in [0, 0.1) is 11.3 Å². The molecule has 0 saturated heterocycles. The second-order valence-electron chi connectivity index (χ2n) is 4.25. The number of nitrogens with zero attached hydrogens (tertiary/aromatic N) is 1. The van der Waals surface area contributed by atoms with Gasteiger partial charge in [0.2, 0.25) is 0 Å². The van der Waals surface area contributed by atoms with E-state index in [9.17, 15) is 9.59 Å². The van der Waals surface area contributed by atoms with E-state index in [0.29, 0.717) is 16.7 Å². The monoisotopic (exact) mass is 280 g/mol. The first-order chi connectivity index (χ1) is 9.67. The molecule has 96 valence electrons. The number of benzene rings is 2. The molecule has 0 aliphatic rings. The Balaban J connectivity index is 2.07. The van der Waals surface area contributed by atoms with Crippen LogP contribution < -0.4 is 4.87 Å². The number of aromatic amines is 1. The van der Waals surface area contributed by atoms with Crippen LogP contribution in [0.2, 0.25) is 0 Å². The first-order valence-electron chi connectivity index (χ1n) is 5.85. The van der Waals surface area contributed by atoms with Crippen molar-refractivity contribution in [1.82, 2.24) is 4.98 Å². The molecular formula is C15H8N2O2S. The molecule has 0 atom stereocenters. The lowest BCUT2D eigenvalue weighted by Crippen LogP contribution is -2.01. The van der Waals surface area contributed by atoms with E-state index >= 15 is 0 Å². The average molecular weight is 280 g/mol. The van der Waals surface area contributed by atoms with Gasteiger partial charge in [0.05, 0.1) is 21.8 Å². The van der Waals surface area contributed by atoms with Crippen molar-refractivity contribution in [2.75, 3.05) is 0 Å². The maximum absolute atomic E-state index is 12.4. The molecule has 3 aromatic rings. The smallest absolute Gasteiger partial charge is 0.305 e. The third-order valence-electron chi connectivity index (χ3n) is 2.94. The lowest BCUT2D eigenvalue weighted by Gasteiger charge is -2.01. The number of nitrogens with one attached hydrogen (secondary N) is 1. The Kier molecular flexibility index (Phi) is 2.93. The molecule has 5 heteroatoms. The summed E-state index contributed by atoms with van der Waals surface area (Å²) >= 11 is 1.07. The fourth-order valence-electron chi connectivity index (χ4n) is 1.98. The van der Waals surface area contributed by atoms with E-state index in [0.717, 1.165) is 21.6 Å². The van der Waals surface area contributed by atoms with Gasteiger partial charge in [-0.25, -0.2) is 0 Å². The van der Waals surface area contributed by atoms with Gasteiger partial charge in [0.1, 0.15) is 0 Å². The summed E-state index contributed by atoms with van der Waals surface area (Å²) in [5, 5.41) is 8.86. The Bertz CT molecular complexity index is 915. The van der Waals surface area contributed by atoms with E-state index in [4.69, 9.17) is 5.26 Å².